The summed E-state index contributed by atoms with van der Waals surface area (Å²) in [7, 11) is 0. The lowest BCUT2D eigenvalue weighted by molar-refractivity contribution is -0.131. The van der Waals surface area contributed by atoms with Crippen LogP contribution in [-0.4, -0.2) is 55.6 Å². The summed E-state index contributed by atoms with van der Waals surface area (Å²) in [5.74, 6) is -0.676. The van der Waals surface area contributed by atoms with Crippen molar-refractivity contribution in [2.75, 3.05) is 32.8 Å². The van der Waals surface area contributed by atoms with Crippen molar-refractivity contribution in [2.24, 2.45) is 11.7 Å². The van der Waals surface area contributed by atoms with Crippen molar-refractivity contribution in [3.8, 4) is 0 Å². The molecule has 6 nitrogen and oxygen atoms in total. The summed E-state index contributed by atoms with van der Waals surface area (Å²) in [5, 5.41) is 3.09. The standard InChI is InChI=1S/C21H30FN3O3.ClH/c1-15(26)25-12-16(5-6-19(23)13-25)20(27)24-14-21(7-9-28-10-8-21)17-3-2-4-18(22)11-17;/h2-4,11,16,19H,5-10,12-14,23H2,1H3,(H,24,27);1H/t16-,19+;/m1./s1. The Kier molecular flexibility index (Phi) is 8.43. The number of halogens is 2. The Labute approximate surface area is 177 Å². The summed E-state index contributed by atoms with van der Waals surface area (Å²) in [6.45, 7) is 4.00. The monoisotopic (exact) mass is 427 g/mol. The second-order valence-electron chi connectivity index (χ2n) is 8.08. The number of hydrogen-bond donors (Lipinski definition) is 2. The van der Waals surface area contributed by atoms with Gasteiger partial charge in [-0.3, -0.25) is 9.59 Å². The van der Waals surface area contributed by atoms with Crippen LogP contribution in [-0.2, 0) is 19.7 Å². The van der Waals surface area contributed by atoms with E-state index in [0.717, 1.165) is 18.4 Å². The Morgan fingerprint density at radius 2 is 2.00 bits per heavy atom. The first kappa shape index (κ1) is 23.6. The van der Waals surface area contributed by atoms with Gasteiger partial charge >= 0.3 is 0 Å². The summed E-state index contributed by atoms with van der Waals surface area (Å²) >= 11 is 0. The van der Waals surface area contributed by atoms with E-state index in [9.17, 15) is 14.0 Å². The molecule has 0 bridgehead atoms. The second-order valence-corrected chi connectivity index (χ2v) is 8.08. The third-order valence-electron chi connectivity index (χ3n) is 6.09. The van der Waals surface area contributed by atoms with Crippen LogP contribution < -0.4 is 11.1 Å². The minimum absolute atomic E-state index is 0. The SMILES string of the molecule is CC(=O)N1C[C@@H](N)CC[C@@H](C(=O)NCC2(c3cccc(F)c3)CCOCC2)C1.Cl. The third-order valence-corrected chi connectivity index (χ3v) is 6.09. The molecule has 8 heteroatoms. The fraction of sp³-hybridized carbons (Fsp3) is 0.619. The predicted octanol–water partition coefficient (Wildman–Crippen LogP) is 2.00. The van der Waals surface area contributed by atoms with E-state index in [1.165, 1.54) is 13.0 Å². The minimum Gasteiger partial charge on any atom is -0.381 e. The molecule has 0 spiro atoms. The Morgan fingerprint density at radius 3 is 2.66 bits per heavy atom. The van der Waals surface area contributed by atoms with Crippen molar-refractivity contribution in [1.29, 1.82) is 0 Å². The van der Waals surface area contributed by atoms with Crippen LogP contribution >= 0.6 is 12.4 Å². The number of hydrogen-bond acceptors (Lipinski definition) is 4. The van der Waals surface area contributed by atoms with Crippen LogP contribution in [0.15, 0.2) is 24.3 Å². The summed E-state index contributed by atoms with van der Waals surface area (Å²) < 4.78 is 19.3. The van der Waals surface area contributed by atoms with Crippen molar-refractivity contribution in [3.05, 3.63) is 35.6 Å². The van der Waals surface area contributed by atoms with E-state index in [1.54, 1.807) is 17.0 Å². The molecule has 162 valence electrons. The number of amides is 2. The van der Waals surface area contributed by atoms with E-state index in [2.05, 4.69) is 5.32 Å². The molecule has 1 aromatic rings. The first-order valence-corrected chi connectivity index (χ1v) is 10.0. The van der Waals surface area contributed by atoms with Crippen LogP contribution in [0.4, 0.5) is 4.39 Å². The lowest BCUT2D eigenvalue weighted by Gasteiger charge is -2.38. The largest absolute Gasteiger partial charge is 0.381 e. The van der Waals surface area contributed by atoms with Crippen LogP contribution in [0.1, 0.15) is 38.2 Å². The number of ether oxygens (including phenoxy) is 1. The Hall–Kier alpha value is -1.70. The van der Waals surface area contributed by atoms with Gasteiger partial charge in [-0.25, -0.2) is 4.39 Å². The van der Waals surface area contributed by atoms with Gasteiger partial charge in [-0.1, -0.05) is 12.1 Å². The third kappa shape index (κ3) is 5.90. The molecular weight excluding hydrogens is 397 g/mol. The molecular formula is C21H31ClFN3O3. The normalized spacial score (nSPS) is 24.2. The number of benzene rings is 1. The Bertz CT molecular complexity index is 712. The zero-order chi connectivity index (χ0) is 20.1. The quantitative estimate of drug-likeness (QED) is 0.769. The van der Waals surface area contributed by atoms with E-state index in [1.807, 2.05) is 6.07 Å². The van der Waals surface area contributed by atoms with Crippen molar-refractivity contribution >= 4 is 24.2 Å². The maximum absolute atomic E-state index is 13.8. The maximum Gasteiger partial charge on any atom is 0.224 e. The van der Waals surface area contributed by atoms with Gasteiger partial charge in [0.25, 0.3) is 0 Å². The molecule has 2 aliphatic heterocycles. The van der Waals surface area contributed by atoms with Crippen molar-refractivity contribution in [2.45, 2.75) is 44.1 Å². The van der Waals surface area contributed by atoms with Crippen molar-refractivity contribution in [1.82, 2.24) is 10.2 Å². The topological polar surface area (TPSA) is 84.7 Å². The van der Waals surface area contributed by atoms with Gasteiger partial charge in [0.15, 0.2) is 0 Å². The summed E-state index contributed by atoms with van der Waals surface area (Å²) in [4.78, 5) is 26.4. The molecule has 1 aromatic carbocycles. The molecule has 0 aromatic heterocycles. The summed E-state index contributed by atoms with van der Waals surface area (Å²) in [5.41, 5.74) is 6.61. The van der Waals surface area contributed by atoms with E-state index >= 15 is 0 Å². The van der Waals surface area contributed by atoms with Gasteiger partial charge < -0.3 is 20.7 Å². The highest BCUT2D eigenvalue weighted by Gasteiger charge is 2.36. The number of carbonyl (C=O) groups is 2. The van der Waals surface area contributed by atoms with Gasteiger partial charge in [0, 0.05) is 51.2 Å². The number of carbonyl (C=O) groups excluding carboxylic acids is 2. The number of nitrogens with two attached hydrogens (primary N) is 1. The molecule has 2 heterocycles. The van der Waals surface area contributed by atoms with Gasteiger partial charge in [-0.05, 0) is 43.4 Å². The molecule has 3 rings (SSSR count). The molecule has 2 fully saturated rings. The van der Waals surface area contributed by atoms with Crippen molar-refractivity contribution in [3.63, 3.8) is 0 Å². The van der Waals surface area contributed by atoms with Gasteiger partial charge in [-0.15, -0.1) is 12.4 Å². The van der Waals surface area contributed by atoms with Crippen molar-refractivity contribution < 1.29 is 18.7 Å². The average molecular weight is 428 g/mol. The first-order valence-electron chi connectivity index (χ1n) is 10.0. The molecule has 3 N–H and O–H groups in total. The Morgan fingerprint density at radius 1 is 1.28 bits per heavy atom. The van der Waals surface area contributed by atoms with E-state index in [-0.39, 0.29) is 47.4 Å². The Balaban J connectivity index is 0.00000300. The van der Waals surface area contributed by atoms with Crippen LogP contribution in [0.25, 0.3) is 0 Å². The number of nitrogens with one attached hydrogen (secondary N) is 1. The fourth-order valence-corrected chi connectivity index (χ4v) is 4.24. The van der Waals surface area contributed by atoms with E-state index < -0.39 is 0 Å². The van der Waals surface area contributed by atoms with Crippen LogP contribution in [0, 0.1) is 11.7 Å². The molecule has 0 radical (unpaired) electrons. The highest BCUT2D eigenvalue weighted by atomic mass is 35.5. The minimum atomic E-state index is -0.336. The predicted molar refractivity (Wildman–Crippen MR) is 111 cm³/mol. The number of likely N-dealkylation sites (tertiary alicyclic amines) is 1. The smallest absolute Gasteiger partial charge is 0.224 e. The van der Waals surface area contributed by atoms with Gasteiger partial charge in [-0.2, -0.15) is 0 Å². The molecule has 2 atom stereocenters. The molecule has 2 saturated heterocycles. The van der Waals surface area contributed by atoms with Crippen LogP contribution in [0.5, 0.6) is 0 Å². The van der Waals surface area contributed by atoms with E-state index in [0.29, 0.717) is 45.7 Å². The molecule has 0 aliphatic carbocycles. The lowest BCUT2D eigenvalue weighted by Crippen LogP contribution is -2.47. The number of rotatable bonds is 4. The van der Waals surface area contributed by atoms with Gasteiger partial charge in [0.05, 0.1) is 5.92 Å². The van der Waals surface area contributed by atoms with E-state index in [4.69, 9.17) is 10.5 Å². The second kappa shape index (κ2) is 10.4. The lowest BCUT2D eigenvalue weighted by atomic mass is 9.74. The molecule has 2 aliphatic rings. The van der Waals surface area contributed by atoms with Gasteiger partial charge in [0.2, 0.25) is 11.8 Å². The number of nitrogens with zero attached hydrogens (tertiary/aromatic N) is 1. The highest BCUT2D eigenvalue weighted by Crippen LogP contribution is 2.34. The van der Waals surface area contributed by atoms with Crippen LogP contribution in [0.3, 0.4) is 0 Å². The zero-order valence-corrected chi connectivity index (χ0v) is 17.7. The molecule has 2 amide bonds. The maximum atomic E-state index is 13.8. The molecule has 0 saturated carbocycles. The first-order chi connectivity index (χ1) is 13.4. The molecule has 29 heavy (non-hydrogen) atoms. The average Bonchev–Trinajstić information content (AvgIpc) is 2.89. The summed E-state index contributed by atoms with van der Waals surface area (Å²) in [6.07, 6.45) is 2.83. The highest BCUT2D eigenvalue weighted by molar-refractivity contribution is 5.85. The van der Waals surface area contributed by atoms with Crippen LogP contribution in [0.2, 0.25) is 0 Å². The summed E-state index contributed by atoms with van der Waals surface area (Å²) in [6, 6.07) is 6.51. The fourth-order valence-electron chi connectivity index (χ4n) is 4.24. The zero-order valence-electron chi connectivity index (χ0n) is 16.9. The molecule has 0 unspecified atom stereocenters. The van der Waals surface area contributed by atoms with Gasteiger partial charge in [0.1, 0.15) is 5.82 Å².